The van der Waals surface area contributed by atoms with Gasteiger partial charge in [0.1, 0.15) is 23.3 Å². The maximum Gasteiger partial charge on any atom is 0.216 e. The highest BCUT2D eigenvalue weighted by atomic mass is 32.2. The Hall–Kier alpha value is -3.36. The third kappa shape index (κ3) is 4.63. The van der Waals surface area contributed by atoms with Gasteiger partial charge in [0.2, 0.25) is 9.84 Å². The molecule has 0 radical (unpaired) electrons. The summed E-state index contributed by atoms with van der Waals surface area (Å²) in [6, 6.07) is 26.4. The van der Waals surface area contributed by atoms with Gasteiger partial charge in [0.25, 0.3) is 0 Å². The summed E-state index contributed by atoms with van der Waals surface area (Å²) in [6.07, 6.45) is 1.36. The number of rotatable bonds is 6. The van der Waals surface area contributed by atoms with E-state index in [0.717, 1.165) is 5.56 Å². The van der Waals surface area contributed by atoms with Gasteiger partial charge in [-0.1, -0.05) is 60.7 Å². The molecule has 0 aliphatic rings. The first-order chi connectivity index (χ1) is 13.1. The van der Waals surface area contributed by atoms with Crippen molar-refractivity contribution in [3.8, 4) is 11.8 Å². The van der Waals surface area contributed by atoms with Gasteiger partial charge in [0, 0.05) is 0 Å². The summed E-state index contributed by atoms with van der Waals surface area (Å²) in [7, 11) is -3.86. The zero-order valence-corrected chi connectivity index (χ0v) is 15.3. The molecule has 0 aliphatic heterocycles. The minimum atomic E-state index is -3.86. The van der Waals surface area contributed by atoms with E-state index in [2.05, 4.69) is 0 Å². The maximum absolute atomic E-state index is 12.6. The fourth-order valence-corrected chi connectivity index (χ4v) is 3.66. The van der Waals surface area contributed by atoms with E-state index < -0.39 is 9.84 Å². The summed E-state index contributed by atoms with van der Waals surface area (Å²) in [4.78, 5) is -0.219. The van der Waals surface area contributed by atoms with E-state index in [-0.39, 0.29) is 9.80 Å². The number of nitrogens with zero attached hydrogens (tertiary/aromatic N) is 1. The van der Waals surface area contributed by atoms with E-state index >= 15 is 0 Å². The lowest BCUT2D eigenvalue weighted by molar-refractivity contribution is 0.306. The Balaban J connectivity index is 1.84. The van der Waals surface area contributed by atoms with Gasteiger partial charge in [0.05, 0.1) is 4.90 Å². The van der Waals surface area contributed by atoms with Crippen molar-refractivity contribution in [2.24, 2.45) is 0 Å². The molecule has 134 valence electrons. The van der Waals surface area contributed by atoms with Crippen molar-refractivity contribution in [2.75, 3.05) is 0 Å². The lowest BCUT2D eigenvalue weighted by atomic mass is 10.2. The zero-order valence-electron chi connectivity index (χ0n) is 14.4. The highest BCUT2D eigenvalue weighted by Crippen LogP contribution is 2.23. The van der Waals surface area contributed by atoms with Crippen LogP contribution in [0.2, 0.25) is 0 Å². The molecule has 0 spiro atoms. The van der Waals surface area contributed by atoms with Gasteiger partial charge in [-0.2, -0.15) is 5.26 Å². The number of ether oxygens (including phenoxy) is 1. The number of hydrogen-bond donors (Lipinski definition) is 0. The maximum atomic E-state index is 12.6. The van der Waals surface area contributed by atoms with Crippen LogP contribution in [0.4, 0.5) is 0 Å². The van der Waals surface area contributed by atoms with Crippen LogP contribution in [-0.2, 0) is 16.4 Å². The van der Waals surface area contributed by atoms with Crippen LogP contribution in [0.25, 0.3) is 6.08 Å². The van der Waals surface area contributed by atoms with Crippen molar-refractivity contribution in [1.29, 1.82) is 5.26 Å². The topological polar surface area (TPSA) is 67.2 Å². The number of sulfone groups is 1. The Morgan fingerprint density at radius 3 is 2.26 bits per heavy atom. The number of hydrogen-bond acceptors (Lipinski definition) is 4. The Morgan fingerprint density at radius 1 is 0.926 bits per heavy atom. The quantitative estimate of drug-likeness (QED) is 0.590. The number of nitriles is 1. The third-order valence-corrected chi connectivity index (χ3v) is 5.54. The summed E-state index contributed by atoms with van der Waals surface area (Å²) < 4.78 is 31.0. The normalized spacial score (nSPS) is 11.6. The molecule has 0 aliphatic carbocycles. The molecule has 0 aromatic heterocycles. The molecule has 0 amide bonds. The molecule has 0 fully saturated rings. The summed E-state index contributed by atoms with van der Waals surface area (Å²) in [5.41, 5.74) is 1.61. The van der Waals surface area contributed by atoms with Gasteiger partial charge in [-0.25, -0.2) is 8.42 Å². The summed E-state index contributed by atoms with van der Waals surface area (Å²) in [6.45, 7) is 0.404. The van der Waals surface area contributed by atoms with Crippen molar-refractivity contribution >= 4 is 15.9 Å². The van der Waals surface area contributed by atoms with Crippen LogP contribution >= 0.6 is 0 Å². The molecule has 0 bridgehead atoms. The Morgan fingerprint density at radius 2 is 1.59 bits per heavy atom. The molecular formula is C22H17NO3S. The second-order valence-corrected chi connectivity index (χ2v) is 7.70. The minimum Gasteiger partial charge on any atom is -0.489 e. The Bertz CT molecular complexity index is 1080. The smallest absolute Gasteiger partial charge is 0.216 e. The van der Waals surface area contributed by atoms with Gasteiger partial charge in [0.15, 0.2) is 0 Å². The van der Waals surface area contributed by atoms with E-state index in [0.29, 0.717) is 17.9 Å². The fraction of sp³-hybridized carbons (Fsp3) is 0.0455. The standard InChI is InChI=1S/C22H17NO3S/c23-16-22(27(24,25)21-12-5-2-6-13-21)15-19-10-7-11-20(14-19)26-17-18-8-3-1-4-9-18/h1-15H,17H2/b22-15-. The van der Waals surface area contributed by atoms with Crippen LogP contribution in [0.15, 0.2) is 94.7 Å². The van der Waals surface area contributed by atoms with E-state index in [1.807, 2.05) is 30.3 Å². The van der Waals surface area contributed by atoms with Crippen LogP contribution in [0, 0.1) is 11.3 Å². The van der Waals surface area contributed by atoms with Crippen LogP contribution in [-0.4, -0.2) is 8.42 Å². The summed E-state index contributed by atoms with van der Waals surface area (Å²) >= 11 is 0. The highest BCUT2D eigenvalue weighted by Gasteiger charge is 2.20. The molecule has 27 heavy (non-hydrogen) atoms. The second kappa shape index (κ2) is 8.35. The average molecular weight is 375 g/mol. The highest BCUT2D eigenvalue weighted by molar-refractivity contribution is 7.95. The van der Waals surface area contributed by atoms with Crippen LogP contribution in [0.5, 0.6) is 5.75 Å². The van der Waals surface area contributed by atoms with Crippen molar-refractivity contribution in [3.63, 3.8) is 0 Å². The zero-order chi connectivity index (χ0) is 19.1. The van der Waals surface area contributed by atoms with Gasteiger partial charge in [-0.05, 0) is 41.5 Å². The first-order valence-electron chi connectivity index (χ1n) is 8.28. The summed E-state index contributed by atoms with van der Waals surface area (Å²) in [5, 5.41) is 9.38. The van der Waals surface area contributed by atoms with E-state index in [4.69, 9.17) is 4.74 Å². The third-order valence-electron chi connectivity index (χ3n) is 3.86. The van der Waals surface area contributed by atoms with Gasteiger partial charge < -0.3 is 4.74 Å². The predicted octanol–water partition coefficient (Wildman–Crippen LogP) is 4.60. The molecule has 0 N–H and O–H groups in total. The molecule has 3 aromatic rings. The van der Waals surface area contributed by atoms with Crippen LogP contribution in [0.1, 0.15) is 11.1 Å². The lowest BCUT2D eigenvalue weighted by Crippen LogP contribution is -2.03. The van der Waals surface area contributed by atoms with Gasteiger partial charge >= 0.3 is 0 Å². The predicted molar refractivity (Wildman–Crippen MR) is 104 cm³/mol. The second-order valence-electron chi connectivity index (χ2n) is 5.78. The minimum absolute atomic E-state index is 0.0919. The van der Waals surface area contributed by atoms with Crippen molar-refractivity contribution in [2.45, 2.75) is 11.5 Å². The molecule has 0 saturated carbocycles. The monoisotopic (exact) mass is 375 g/mol. The molecule has 3 rings (SSSR count). The Labute approximate surface area is 158 Å². The first kappa shape index (κ1) is 18.4. The average Bonchev–Trinajstić information content (AvgIpc) is 2.72. The SMILES string of the molecule is N#C/C(=C/c1cccc(OCc2ccccc2)c1)S(=O)(=O)c1ccccc1. The molecule has 0 heterocycles. The van der Waals surface area contributed by atoms with E-state index in [9.17, 15) is 13.7 Å². The van der Waals surface area contributed by atoms with E-state index in [1.165, 1.54) is 18.2 Å². The van der Waals surface area contributed by atoms with E-state index in [1.54, 1.807) is 48.5 Å². The molecule has 0 unspecified atom stereocenters. The molecule has 0 atom stereocenters. The number of allylic oxidation sites excluding steroid dienone is 1. The van der Waals surface area contributed by atoms with Crippen molar-refractivity contribution in [3.05, 3.63) is 101 Å². The molecule has 0 saturated heterocycles. The first-order valence-corrected chi connectivity index (χ1v) is 9.76. The number of benzene rings is 3. The van der Waals surface area contributed by atoms with Crippen molar-refractivity contribution in [1.82, 2.24) is 0 Å². The van der Waals surface area contributed by atoms with Crippen molar-refractivity contribution < 1.29 is 13.2 Å². The van der Waals surface area contributed by atoms with Gasteiger partial charge in [-0.15, -0.1) is 0 Å². The molecule has 3 aromatic carbocycles. The lowest BCUT2D eigenvalue weighted by Gasteiger charge is -2.07. The summed E-state index contributed by atoms with van der Waals surface area (Å²) in [5.74, 6) is 0.599. The largest absolute Gasteiger partial charge is 0.489 e. The fourth-order valence-electron chi connectivity index (χ4n) is 2.48. The van der Waals surface area contributed by atoms with Gasteiger partial charge in [-0.3, -0.25) is 0 Å². The van der Waals surface area contributed by atoms with Crippen LogP contribution in [0.3, 0.4) is 0 Å². The Kier molecular flexibility index (Phi) is 5.70. The van der Waals surface area contributed by atoms with Crippen LogP contribution < -0.4 is 4.74 Å². The molecule has 5 heteroatoms. The molecular weight excluding hydrogens is 358 g/mol. The molecule has 4 nitrogen and oxygen atoms in total.